The Morgan fingerprint density at radius 3 is 2.33 bits per heavy atom. The van der Waals surface area contributed by atoms with Crippen LogP contribution in [0.4, 0.5) is 0 Å². The Morgan fingerprint density at radius 1 is 1.07 bits per heavy atom. The first-order valence-electron chi connectivity index (χ1n) is 9.13. The van der Waals surface area contributed by atoms with E-state index < -0.39 is 0 Å². The molecule has 0 amide bonds. The third kappa shape index (κ3) is 4.95. The molecule has 27 heavy (non-hydrogen) atoms. The highest BCUT2D eigenvalue weighted by Gasteiger charge is 2.41. The van der Waals surface area contributed by atoms with E-state index in [0.29, 0.717) is 0 Å². The lowest BCUT2D eigenvalue weighted by Crippen LogP contribution is -2.47. The van der Waals surface area contributed by atoms with Gasteiger partial charge in [-0.2, -0.15) is 0 Å². The van der Waals surface area contributed by atoms with Gasteiger partial charge in [-0.1, -0.05) is 48.5 Å². The molecule has 0 bridgehead atoms. The van der Waals surface area contributed by atoms with Gasteiger partial charge in [-0.3, -0.25) is 9.59 Å². The fraction of sp³-hybridized carbons (Fsp3) is 0.364. The number of carbonyl (C=O) groups is 2. The molecule has 0 saturated carbocycles. The van der Waals surface area contributed by atoms with Crippen molar-refractivity contribution in [3.63, 3.8) is 0 Å². The van der Waals surface area contributed by atoms with Crippen molar-refractivity contribution in [1.29, 1.82) is 0 Å². The number of aliphatic hydroxyl groups excluding tert-OH is 1. The zero-order chi connectivity index (χ0) is 19.2. The number of methoxy groups -OCH3 is 1. The zero-order valence-corrected chi connectivity index (χ0v) is 15.4. The Labute approximate surface area is 158 Å². The Bertz CT molecular complexity index is 814. The van der Waals surface area contributed by atoms with Crippen LogP contribution < -0.4 is 0 Å². The summed E-state index contributed by atoms with van der Waals surface area (Å²) in [5, 5.41) is 9.20. The first-order valence-corrected chi connectivity index (χ1v) is 9.13. The zero-order valence-electron chi connectivity index (χ0n) is 15.4. The van der Waals surface area contributed by atoms with Gasteiger partial charge in [-0.15, -0.1) is 0 Å². The second-order valence-electron chi connectivity index (χ2n) is 6.87. The van der Waals surface area contributed by atoms with Crippen LogP contribution in [-0.2, 0) is 38.3 Å². The molecule has 1 heterocycles. The molecule has 142 valence electrons. The topological polar surface area (TPSA) is 72.8 Å². The maximum atomic E-state index is 11.4. The third-order valence-electron chi connectivity index (χ3n) is 4.90. The average molecular weight is 368 g/mol. The summed E-state index contributed by atoms with van der Waals surface area (Å²) in [5.41, 5.74) is 4.45. The molecule has 2 aromatic carbocycles. The Kier molecular flexibility index (Phi) is 6.24. The number of cyclic esters (lactones) is 1. The van der Waals surface area contributed by atoms with Crippen LogP contribution in [0.25, 0.3) is 0 Å². The maximum Gasteiger partial charge on any atom is 0.315 e. The summed E-state index contributed by atoms with van der Waals surface area (Å²) in [6.45, 7) is -0.147. The summed E-state index contributed by atoms with van der Waals surface area (Å²) in [4.78, 5) is 22.7. The van der Waals surface area contributed by atoms with Gasteiger partial charge in [0.05, 0.1) is 20.1 Å². The molecule has 1 fully saturated rings. The monoisotopic (exact) mass is 368 g/mol. The summed E-state index contributed by atoms with van der Waals surface area (Å²) in [6, 6.07) is 16.3. The van der Waals surface area contributed by atoms with Crippen LogP contribution in [0.15, 0.2) is 48.5 Å². The van der Waals surface area contributed by atoms with Crippen LogP contribution in [-0.4, -0.2) is 36.9 Å². The van der Waals surface area contributed by atoms with Gasteiger partial charge in [-0.05, 0) is 41.5 Å². The van der Waals surface area contributed by atoms with Gasteiger partial charge in [0.15, 0.2) is 0 Å². The summed E-state index contributed by atoms with van der Waals surface area (Å²) in [6.07, 6.45) is 2.39. The largest absolute Gasteiger partial charge is 0.469 e. The maximum absolute atomic E-state index is 11.4. The van der Waals surface area contributed by atoms with E-state index in [0.717, 1.165) is 30.4 Å². The highest BCUT2D eigenvalue weighted by Crippen LogP contribution is 2.26. The normalized spacial score (nSPS) is 18.5. The Hall–Kier alpha value is -2.66. The molecule has 2 aromatic rings. The van der Waals surface area contributed by atoms with E-state index in [4.69, 9.17) is 9.47 Å². The molecule has 1 aliphatic heterocycles. The van der Waals surface area contributed by atoms with E-state index in [1.165, 1.54) is 18.2 Å². The van der Waals surface area contributed by atoms with Crippen molar-refractivity contribution in [3.8, 4) is 0 Å². The van der Waals surface area contributed by atoms with Crippen LogP contribution in [0.2, 0.25) is 0 Å². The van der Waals surface area contributed by atoms with Gasteiger partial charge >= 0.3 is 11.9 Å². The van der Waals surface area contributed by atoms with Gasteiger partial charge in [0.25, 0.3) is 0 Å². The number of hydrogen-bond acceptors (Lipinski definition) is 5. The predicted octanol–water partition coefficient (Wildman–Crippen LogP) is 2.46. The molecule has 1 saturated heterocycles. The highest BCUT2D eigenvalue weighted by atomic mass is 16.6. The van der Waals surface area contributed by atoms with E-state index in [2.05, 4.69) is 18.2 Å². The van der Waals surface area contributed by atoms with Gasteiger partial charge in [0, 0.05) is 0 Å². The van der Waals surface area contributed by atoms with Crippen LogP contribution in [0.5, 0.6) is 0 Å². The SMILES string of the molecule is COC(=O)Cc1cccc(Cc2cccc(CC[C@H]3OC(=O)[C@@H]3CO)c2)c1. The van der Waals surface area contributed by atoms with E-state index in [-0.39, 0.29) is 37.0 Å². The fourth-order valence-electron chi connectivity index (χ4n) is 3.38. The number of ether oxygens (including phenoxy) is 2. The number of benzene rings is 2. The summed E-state index contributed by atoms with van der Waals surface area (Å²) in [7, 11) is 1.39. The Morgan fingerprint density at radius 2 is 1.70 bits per heavy atom. The molecule has 0 aliphatic carbocycles. The minimum atomic E-state index is -0.370. The van der Waals surface area contributed by atoms with E-state index in [1.54, 1.807) is 0 Å². The molecule has 1 aliphatic rings. The Balaban J connectivity index is 1.60. The number of carbonyl (C=O) groups excluding carboxylic acids is 2. The molecule has 1 N–H and O–H groups in total. The van der Waals surface area contributed by atoms with Crippen molar-refractivity contribution in [2.75, 3.05) is 13.7 Å². The number of aryl methyl sites for hydroxylation is 1. The number of hydrogen-bond donors (Lipinski definition) is 1. The molecule has 3 rings (SSSR count). The number of esters is 2. The molecule has 0 radical (unpaired) electrons. The minimum Gasteiger partial charge on any atom is -0.469 e. The average Bonchev–Trinajstić information content (AvgIpc) is 2.65. The van der Waals surface area contributed by atoms with E-state index >= 15 is 0 Å². The first kappa shape index (κ1) is 19.1. The van der Waals surface area contributed by atoms with Crippen molar-refractivity contribution < 1.29 is 24.2 Å². The first-order chi connectivity index (χ1) is 13.1. The van der Waals surface area contributed by atoms with Crippen LogP contribution in [0.3, 0.4) is 0 Å². The van der Waals surface area contributed by atoms with Crippen LogP contribution >= 0.6 is 0 Å². The van der Waals surface area contributed by atoms with Crippen molar-refractivity contribution in [2.45, 2.75) is 31.8 Å². The van der Waals surface area contributed by atoms with Crippen molar-refractivity contribution in [1.82, 2.24) is 0 Å². The van der Waals surface area contributed by atoms with E-state index in [1.807, 2.05) is 30.3 Å². The summed E-state index contributed by atoms with van der Waals surface area (Å²) >= 11 is 0. The standard InChI is InChI=1S/C22H24O5/c1-26-21(24)13-18-7-3-6-17(12-18)11-16-5-2-4-15(10-16)8-9-20-19(14-23)22(25)27-20/h2-7,10,12,19-20,23H,8-9,11,13-14H2,1H3/t19-,20-/m1/s1. The summed E-state index contributed by atoms with van der Waals surface area (Å²) < 4.78 is 9.83. The van der Waals surface area contributed by atoms with Crippen molar-refractivity contribution in [2.24, 2.45) is 5.92 Å². The second kappa shape index (κ2) is 8.82. The molecular weight excluding hydrogens is 344 g/mol. The molecule has 5 nitrogen and oxygen atoms in total. The molecule has 5 heteroatoms. The van der Waals surface area contributed by atoms with Crippen molar-refractivity contribution in [3.05, 3.63) is 70.8 Å². The molecule has 0 spiro atoms. The predicted molar refractivity (Wildman–Crippen MR) is 100 cm³/mol. The third-order valence-corrected chi connectivity index (χ3v) is 4.90. The quantitative estimate of drug-likeness (QED) is 0.725. The molecule has 0 unspecified atom stereocenters. The van der Waals surface area contributed by atoms with Crippen LogP contribution in [0, 0.1) is 5.92 Å². The van der Waals surface area contributed by atoms with Gasteiger partial charge in [0.1, 0.15) is 12.0 Å². The number of rotatable bonds is 8. The fourth-order valence-corrected chi connectivity index (χ4v) is 3.38. The lowest BCUT2D eigenvalue weighted by atomic mass is 9.91. The van der Waals surface area contributed by atoms with Gasteiger partial charge in [0.2, 0.25) is 0 Å². The lowest BCUT2D eigenvalue weighted by Gasteiger charge is -2.33. The van der Waals surface area contributed by atoms with Crippen molar-refractivity contribution >= 4 is 11.9 Å². The molecular formula is C22H24O5. The van der Waals surface area contributed by atoms with Crippen LogP contribution in [0.1, 0.15) is 28.7 Å². The van der Waals surface area contributed by atoms with E-state index in [9.17, 15) is 14.7 Å². The highest BCUT2D eigenvalue weighted by molar-refractivity contribution is 5.78. The number of aliphatic hydroxyl groups is 1. The summed E-state index contributed by atoms with van der Waals surface area (Å²) in [5.74, 6) is -0.916. The smallest absolute Gasteiger partial charge is 0.315 e. The molecule has 0 aromatic heterocycles. The molecule has 2 atom stereocenters. The van der Waals surface area contributed by atoms with Gasteiger partial charge in [-0.25, -0.2) is 0 Å². The minimum absolute atomic E-state index is 0.147. The van der Waals surface area contributed by atoms with Gasteiger partial charge < -0.3 is 14.6 Å². The second-order valence-corrected chi connectivity index (χ2v) is 6.87. The lowest BCUT2D eigenvalue weighted by molar-refractivity contribution is -0.188.